The van der Waals surface area contributed by atoms with Crippen LogP contribution in [-0.4, -0.2) is 10.2 Å². The molecule has 0 amide bonds. The van der Waals surface area contributed by atoms with Crippen LogP contribution in [-0.2, 0) is 5.75 Å². The van der Waals surface area contributed by atoms with Crippen LogP contribution in [0.15, 0.2) is 28.7 Å². The second-order valence-electron chi connectivity index (χ2n) is 5.21. The van der Waals surface area contributed by atoms with Crippen molar-refractivity contribution in [2.24, 2.45) is 0 Å². The summed E-state index contributed by atoms with van der Waals surface area (Å²) in [5.74, 6) is 1.07. The summed E-state index contributed by atoms with van der Waals surface area (Å²) in [6.45, 7) is 2.18. The van der Waals surface area contributed by atoms with Crippen molar-refractivity contribution in [1.82, 2.24) is 4.98 Å². The number of benzene rings is 1. The predicted octanol–water partition coefficient (Wildman–Crippen LogP) is 6.06. The number of hydrogen-bond acceptors (Lipinski definition) is 3. The molecule has 0 atom stereocenters. The number of aromatic nitrogens is 1. The zero-order valence-electron chi connectivity index (χ0n) is 11.6. The smallest absolute Gasteiger partial charge is 0.103 e. The van der Waals surface area contributed by atoms with E-state index >= 15 is 0 Å². The van der Waals surface area contributed by atoms with Crippen LogP contribution >= 0.6 is 39.0 Å². The third-order valence-corrected chi connectivity index (χ3v) is 6.94. The fourth-order valence-electron chi connectivity index (χ4n) is 2.66. The average molecular weight is 368 g/mol. The molecule has 0 radical (unpaired) electrons. The monoisotopic (exact) mass is 367 g/mol. The lowest BCUT2D eigenvalue weighted by atomic mass is 10.1. The van der Waals surface area contributed by atoms with Gasteiger partial charge in [-0.3, -0.25) is 0 Å². The molecular formula is C16H18BrNS2. The average Bonchev–Trinajstić information content (AvgIpc) is 3.07. The summed E-state index contributed by atoms with van der Waals surface area (Å²) in [7, 11) is 0. The van der Waals surface area contributed by atoms with Crippen LogP contribution in [0, 0.1) is 6.92 Å². The van der Waals surface area contributed by atoms with Crippen LogP contribution in [0.25, 0.3) is 11.3 Å². The van der Waals surface area contributed by atoms with Crippen LogP contribution < -0.4 is 0 Å². The molecular weight excluding hydrogens is 350 g/mol. The summed E-state index contributed by atoms with van der Waals surface area (Å²) in [5, 5.41) is 2.14. The van der Waals surface area contributed by atoms with Crippen molar-refractivity contribution in [3.05, 3.63) is 38.6 Å². The maximum absolute atomic E-state index is 4.87. The van der Waals surface area contributed by atoms with Gasteiger partial charge in [0.05, 0.1) is 5.69 Å². The molecule has 106 valence electrons. The van der Waals surface area contributed by atoms with E-state index in [1.54, 1.807) is 0 Å². The maximum atomic E-state index is 4.87. The van der Waals surface area contributed by atoms with Crippen molar-refractivity contribution in [3.8, 4) is 11.3 Å². The molecule has 1 nitrogen and oxygen atoms in total. The Hall–Kier alpha value is -0.320. The fourth-order valence-corrected chi connectivity index (χ4v) is 5.42. The van der Waals surface area contributed by atoms with E-state index in [-0.39, 0.29) is 0 Å². The Balaban J connectivity index is 1.75. The van der Waals surface area contributed by atoms with Gasteiger partial charge in [0.1, 0.15) is 5.01 Å². The van der Waals surface area contributed by atoms with Crippen molar-refractivity contribution < 1.29 is 0 Å². The van der Waals surface area contributed by atoms with Gasteiger partial charge in [0.15, 0.2) is 0 Å². The van der Waals surface area contributed by atoms with Crippen LogP contribution in [0.1, 0.15) is 35.6 Å². The topological polar surface area (TPSA) is 12.9 Å². The molecule has 0 bridgehead atoms. The third-order valence-electron chi connectivity index (χ3n) is 3.71. The molecule has 20 heavy (non-hydrogen) atoms. The quantitative estimate of drug-likeness (QED) is 0.651. The lowest BCUT2D eigenvalue weighted by molar-refractivity contribution is 0.886. The molecule has 1 heterocycles. The highest BCUT2D eigenvalue weighted by molar-refractivity contribution is 9.10. The number of halogens is 1. The number of thiazole rings is 1. The Morgan fingerprint density at radius 2 is 2.05 bits per heavy atom. The SMILES string of the molecule is Cc1sc(CSC2CCCC2)nc1-c1ccccc1Br. The summed E-state index contributed by atoms with van der Waals surface area (Å²) < 4.78 is 1.13. The van der Waals surface area contributed by atoms with E-state index in [1.165, 1.54) is 41.1 Å². The number of nitrogens with zero attached hydrogens (tertiary/aromatic N) is 1. The molecule has 1 saturated carbocycles. The van der Waals surface area contributed by atoms with E-state index in [2.05, 4.69) is 52.8 Å². The fraction of sp³-hybridized carbons (Fsp3) is 0.438. The van der Waals surface area contributed by atoms with Crippen LogP contribution in [0.3, 0.4) is 0 Å². The molecule has 3 rings (SSSR count). The Kier molecular flexibility index (Phi) is 4.84. The standard InChI is InChI=1S/C16H18BrNS2/c1-11-16(13-8-4-5-9-14(13)17)18-15(20-11)10-19-12-6-2-3-7-12/h4-5,8-9,12H,2-3,6-7,10H2,1H3. The van der Waals surface area contributed by atoms with Crippen LogP contribution in [0.5, 0.6) is 0 Å². The zero-order chi connectivity index (χ0) is 13.9. The molecule has 1 aromatic heterocycles. The van der Waals surface area contributed by atoms with Gasteiger partial charge in [-0.15, -0.1) is 11.3 Å². The van der Waals surface area contributed by atoms with Gasteiger partial charge in [-0.05, 0) is 25.8 Å². The predicted molar refractivity (Wildman–Crippen MR) is 93.5 cm³/mol. The molecule has 0 spiro atoms. The normalized spacial score (nSPS) is 15.9. The minimum Gasteiger partial charge on any atom is -0.240 e. The molecule has 1 fully saturated rings. The summed E-state index contributed by atoms with van der Waals surface area (Å²) in [6.07, 6.45) is 5.62. The first kappa shape index (κ1) is 14.6. The molecule has 1 aromatic carbocycles. The van der Waals surface area contributed by atoms with E-state index in [0.29, 0.717) is 0 Å². The van der Waals surface area contributed by atoms with Crippen molar-refractivity contribution in [3.63, 3.8) is 0 Å². The second kappa shape index (κ2) is 6.63. The largest absolute Gasteiger partial charge is 0.240 e. The minimum absolute atomic E-state index is 0.867. The maximum Gasteiger partial charge on any atom is 0.103 e. The van der Waals surface area contributed by atoms with Gasteiger partial charge < -0.3 is 0 Å². The third kappa shape index (κ3) is 3.29. The molecule has 0 unspecified atom stereocenters. The summed E-state index contributed by atoms with van der Waals surface area (Å²) in [6, 6.07) is 8.35. The highest BCUT2D eigenvalue weighted by Crippen LogP contribution is 2.36. The molecule has 0 aliphatic heterocycles. The molecule has 2 aromatic rings. The van der Waals surface area contributed by atoms with Gasteiger partial charge in [0.25, 0.3) is 0 Å². The van der Waals surface area contributed by atoms with Gasteiger partial charge in [0.2, 0.25) is 0 Å². The Labute approximate surface area is 137 Å². The molecule has 0 saturated heterocycles. The number of hydrogen-bond donors (Lipinski definition) is 0. The van der Waals surface area contributed by atoms with Gasteiger partial charge >= 0.3 is 0 Å². The van der Waals surface area contributed by atoms with Gasteiger partial charge in [-0.25, -0.2) is 4.98 Å². The van der Waals surface area contributed by atoms with Gasteiger partial charge in [0, 0.05) is 25.9 Å². The first-order valence-corrected chi connectivity index (χ1v) is 9.72. The number of rotatable bonds is 4. The summed E-state index contributed by atoms with van der Waals surface area (Å²) >= 11 is 7.57. The lowest BCUT2D eigenvalue weighted by Crippen LogP contribution is -1.94. The Morgan fingerprint density at radius 3 is 2.80 bits per heavy atom. The van der Waals surface area contributed by atoms with E-state index in [0.717, 1.165) is 21.2 Å². The molecule has 1 aliphatic carbocycles. The van der Waals surface area contributed by atoms with Crippen LogP contribution in [0.2, 0.25) is 0 Å². The van der Waals surface area contributed by atoms with E-state index in [1.807, 2.05) is 17.4 Å². The van der Waals surface area contributed by atoms with Gasteiger partial charge in [-0.2, -0.15) is 11.8 Å². The van der Waals surface area contributed by atoms with Gasteiger partial charge in [-0.1, -0.05) is 47.0 Å². The summed E-state index contributed by atoms with van der Waals surface area (Å²) in [5.41, 5.74) is 2.35. The number of thioether (sulfide) groups is 1. The first-order valence-electron chi connectivity index (χ1n) is 7.07. The van der Waals surface area contributed by atoms with E-state index < -0.39 is 0 Å². The first-order chi connectivity index (χ1) is 9.74. The molecule has 1 aliphatic rings. The van der Waals surface area contributed by atoms with Crippen molar-refractivity contribution in [1.29, 1.82) is 0 Å². The minimum atomic E-state index is 0.867. The van der Waals surface area contributed by atoms with Crippen molar-refractivity contribution in [2.75, 3.05) is 0 Å². The van der Waals surface area contributed by atoms with Crippen molar-refractivity contribution >= 4 is 39.0 Å². The zero-order valence-corrected chi connectivity index (χ0v) is 14.8. The Bertz CT molecular complexity index is 588. The van der Waals surface area contributed by atoms with Crippen molar-refractivity contribution in [2.45, 2.75) is 43.6 Å². The second-order valence-corrected chi connectivity index (χ2v) is 8.64. The lowest BCUT2D eigenvalue weighted by Gasteiger charge is -2.06. The molecule has 0 N–H and O–H groups in total. The highest BCUT2D eigenvalue weighted by atomic mass is 79.9. The summed E-state index contributed by atoms with van der Waals surface area (Å²) in [4.78, 5) is 6.19. The van der Waals surface area contributed by atoms with E-state index in [4.69, 9.17) is 4.98 Å². The number of aryl methyl sites for hydroxylation is 1. The van der Waals surface area contributed by atoms with E-state index in [9.17, 15) is 0 Å². The van der Waals surface area contributed by atoms with Crippen LogP contribution in [0.4, 0.5) is 0 Å². The highest BCUT2D eigenvalue weighted by Gasteiger charge is 2.17. The Morgan fingerprint density at radius 1 is 1.30 bits per heavy atom. The molecule has 4 heteroatoms.